The molecule has 1 saturated heterocycles. The smallest absolute Gasteiger partial charge is 0.338 e. The highest BCUT2D eigenvalue weighted by Crippen LogP contribution is 2.29. The van der Waals surface area contributed by atoms with Crippen molar-refractivity contribution in [3.05, 3.63) is 46.1 Å². The molecule has 0 bridgehead atoms. The van der Waals surface area contributed by atoms with E-state index in [1.54, 1.807) is 36.1 Å². The van der Waals surface area contributed by atoms with Crippen LogP contribution in [0.15, 0.2) is 35.5 Å². The van der Waals surface area contributed by atoms with E-state index in [1.807, 2.05) is 4.90 Å². The lowest BCUT2D eigenvalue weighted by Gasteiger charge is -2.36. The third kappa shape index (κ3) is 5.10. The molecule has 9 nitrogen and oxygen atoms in total. The van der Waals surface area contributed by atoms with Gasteiger partial charge >= 0.3 is 12.0 Å². The second kappa shape index (κ2) is 9.92. The lowest BCUT2D eigenvalue weighted by Crippen LogP contribution is -2.54. The van der Waals surface area contributed by atoms with E-state index in [4.69, 9.17) is 21.4 Å². The minimum Gasteiger partial charge on any atom is -0.463 e. The summed E-state index contributed by atoms with van der Waals surface area (Å²) in [6.07, 6.45) is 0. The molecule has 1 aromatic carbocycles. The quantitative estimate of drug-likeness (QED) is 0.541. The van der Waals surface area contributed by atoms with Crippen molar-refractivity contribution in [2.75, 3.05) is 45.9 Å². The summed E-state index contributed by atoms with van der Waals surface area (Å²) in [6.45, 7) is 3.48. The second-order valence-corrected chi connectivity index (χ2v) is 7.45. The molecule has 0 unspecified atom stereocenters. The molecule has 30 heavy (non-hydrogen) atoms. The minimum atomic E-state index is -0.698. The summed E-state index contributed by atoms with van der Waals surface area (Å²) in [6, 6.07) is 5.72. The zero-order valence-corrected chi connectivity index (χ0v) is 17.4. The number of aliphatic hydroxyl groups excluding tert-OH is 1. The second-order valence-electron chi connectivity index (χ2n) is 7.01. The van der Waals surface area contributed by atoms with Gasteiger partial charge in [-0.1, -0.05) is 23.7 Å². The number of piperazine rings is 1. The number of amides is 3. The van der Waals surface area contributed by atoms with Gasteiger partial charge in [0, 0.05) is 36.9 Å². The van der Waals surface area contributed by atoms with Crippen molar-refractivity contribution in [3.63, 3.8) is 0 Å². The summed E-state index contributed by atoms with van der Waals surface area (Å²) < 4.78 is 5.25. The van der Waals surface area contributed by atoms with Crippen molar-refractivity contribution in [1.29, 1.82) is 0 Å². The molecule has 10 heteroatoms. The number of hydrogen-bond donors (Lipinski definition) is 3. The van der Waals surface area contributed by atoms with E-state index in [2.05, 4.69) is 10.6 Å². The average molecular weight is 437 g/mol. The van der Waals surface area contributed by atoms with Gasteiger partial charge in [0.15, 0.2) is 0 Å². The molecular weight excluding hydrogens is 412 g/mol. The number of β-amino-alcohol motifs (C(OH)–C–C–N with tert-alkyl or cyclic N) is 1. The molecule has 1 atom stereocenters. The number of carbonyl (C=O) groups excluding carboxylic acids is 3. The normalized spacial score (nSPS) is 20.1. The molecular formula is C20H25ClN4O5. The topological polar surface area (TPSA) is 111 Å². The van der Waals surface area contributed by atoms with Crippen LogP contribution in [0.2, 0.25) is 5.02 Å². The molecule has 3 amide bonds. The van der Waals surface area contributed by atoms with Gasteiger partial charge in [0.25, 0.3) is 0 Å². The number of halogens is 1. The van der Waals surface area contributed by atoms with Gasteiger partial charge in [-0.3, -0.25) is 9.69 Å². The first kappa shape index (κ1) is 22.1. The number of carbonyl (C=O) groups is 3. The molecule has 0 aliphatic carbocycles. The van der Waals surface area contributed by atoms with Crippen molar-refractivity contribution in [2.24, 2.45) is 0 Å². The first-order chi connectivity index (χ1) is 14.4. The standard InChI is InChI=1S/C20H25ClN4O5/c1-2-30-19(28)17-15(11-24-7-8-25(9-10-26)16(27)12-24)22-20(29)23-18(17)13-3-5-14(21)6-4-13/h3-6,18,26H,2,7-12H2,1H3,(H2,22,23,29)/t18-/m1/s1. The van der Waals surface area contributed by atoms with E-state index in [-0.39, 0.29) is 32.2 Å². The van der Waals surface area contributed by atoms with Crippen LogP contribution < -0.4 is 10.6 Å². The third-order valence-corrected chi connectivity index (χ3v) is 5.25. The minimum absolute atomic E-state index is 0.0889. The summed E-state index contributed by atoms with van der Waals surface area (Å²) >= 11 is 5.97. The molecule has 0 spiro atoms. The molecule has 162 valence electrons. The monoisotopic (exact) mass is 436 g/mol. The number of rotatable bonds is 7. The molecule has 0 aromatic heterocycles. The van der Waals surface area contributed by atoms with Crippen LogP contribution in [0.5, 0.6) is 0 Å². The Morgan fingerprint density at radius 1 is 1.27 bits per heavy atom. The Morgan fingerprint density at radius 3 is 2.63 bits per heavy atom. The highest BCUT2D eigenvalue weighted by Gasteiger charge is 2.35. The molecule has 0 radical (unpaired) electrons. The van der Waals surface area contributed by atoms with Gasteiger partial charge in [0.05, 0.1) is 31.4 Å². The molecule has 2 heterocycles. The van der Waals surface area contributed by atoms with Gasteiger partial charge in [0.1, 0.15) is 0 Å². The van der Waals surface area contributed by atoms with Crippen LogP contribution in [0.4, 0.5) is 4.79 Å². The van der Waals surface area contributed by atoms with Gasteiger partial charge in [-0.15, -0.1) is 0 Å². The van der Waals surface area contributed by atoms with Crippen LogP contribution in [-0.2, 0) is 14.3 Å². The maximum atomic E-state index is 12.8. The van der Waals surface area contributed by atoms with Crippen molar-refractivity contribution >= 4 is 29.5 Å². The number of ether oxygens (including phenoxy) is 1. The Morgan fingerprint density at radius 2 is 2.00 bits per heavy atom. The van der Waals surface area contributed by atoms with Gasteiger partial charge < -0.3 is 25.4 Å². The molecule has 0 saturated carbocycles. The first-order valence-electron chi connectivity index (χ1n) is 9.77. The fourth-order valence-corrected chi connectivity index (χ4v) is 3.70. The molecule has 2 aliphatic rings. The lowest BCUT2D eigenvalue weighted by molar-refractivity contribution is -0.139. The summed E-state index contributed by atoms with van der Waals surface area (Å²) in [5, 5.41) is 15.1. The van der Waals surface area contributed by atoms with E-state index in [9.17, 15) is 14.4 Å². The fraction of sp³-hybridized carbons (Fsp3) is 0.450. The van der Waals surface area contributed by atoms with E-state index in [0.29, 0.717) is 41.5 Å². The van der Waals surface area contributed by atoms with Gasteiger partial charge in [-0.05, 0) is 24.6 Å². The van der Waals surface area contributed by atoms with Gasteiger partial charge in [-0.25, -0.2) is 9.59 Å². The molecule has 3 N–H and O–H groups in total. The average Bonchev–Trinajstić information content (AvgIpc) is 2.70. The number of benzene rings is 1. The third-order valence-electron chi connectivity index (χ3n) is 5.00. The number of hydrogen-bond acceptors (Lipinski definition) is 6. The van der Waals surface area contributed by atoms with Crippen molar-refractivity contribution in [3.8, 4) is 0 Å². The molecule has 1 fully saturated rings. The zero-order valence-electron chi connectivity index (χ0n) is 16.7. The largest absolute Gasteiger partial charge is 0.463 e. The van der Waals surface area contributed by atoms with Gasteiger partial charge in [-0.2, -0.15) is 0 Å². The molecule has 2 aliphatic heterocycles. The van der Waals surface area contributed by atoms with Crippen LogP contribution in [0.25, 0.3) is 0 Å². The summed E-state index contributed by atoms with van der Waals surface area (Å²) in [4.78, 5) is 40.9. The number of urea groups is 1. The van der Waals surface area contributed by atoms with Crippen LogP contribution in [0.3, 0.4) is 0 Å². The Bertz CT molecular complexity index is 842. The first-order valence-corrected chi connectivity index (χ1v) is 10.1. The molecule has 1 aromatic rings. The van der Waals surface area contributed by atoms with Crippen molar-refractivity contribution in [1.82, 2.24) is 20.4 Å². The maximum Gasteiger partial charge on any atom is 0.338 e. The van der Waals surface area contributed by atoms with E-state index in [0.717, 1.165) is 0 Å². The highest BCUT2D eigenvalue weighted by molar-refractivity contribution is 6.30. The van der Waals surface area contributed by atoms with E-state index in [1.165, 1.54) is 0 Å². The van der Waals surface area contributed by atoms with Crippen LogP contribution in [0.1, 0.15) is 18.5 Å². The summed E-state index contributed by atoms with van der Waals surface area (Å²) in [7, 11) is 0. The van der Waals surface area contributed by atoms with Crippen molar-refractivity contribution < 1.29 is 24.2 Å². The van der Waals surface area contributed by atoms with Crippen LogP contribution in [-0.4, -0.2) is 78.8 Å². The van der Waals surface area contributed by atoms with E-state index >= 15 is 0 Å². The predicted molar refractivity (Wildman–Crippen MR) is 110 cm³/mol. The van der Waals surface area contributed by atoms with Gasteiger partial charge in [0.2, 0.25) is 5.91 Å². The zero-order chi connectivity index (χ0) is 21.7. The fourth-order valence-electron chi connectivity index (χ4n) is 3.57. The Labute approximate surface area is 179 Å². The van der Waals surface area contributed by atoms with Crippen molar-refractivity contribution in [2.45, 2.75) is 13.0 Å². The Hall–Kier alpha value is -2.62. The van der Waals surface area contributed by atoms with Crippen LogP contribution in [0, 0.1) is 0 Å². The molecule has 3 rings (SSSR count). The summed E-state index contributed by atoms with van der Waals surface area (Å²) in [5.74, 6) is -0.645. The maximum absolute atomic E-state index is 12.8. The lowest BCUT2D eigenvalue weighted by atomic mass is 9.95. The Kier molecular flexibility index (Phi) is 7.30. The predicted octanol–water partition coefficient (Wildman–Crippen LogP) is 0.648. The van der Waals surface area contributed by atoms with Crippen LogP contribution >= 0.6 is 11.6 Å². The van der Waals surface area contributed by atoms with E-state index < -0.39 is 18.0 Å². The SMILES string of the molecule is CCOC(=O)C1=C(CN2CCN(CCO)C(=O)C2)NC(=O)N[C@@H]1c1ccc(Cl)cc1. The highest BCUT2D eigenvalue weighted by atomic mass is 35.5. The number of esters is 1. The number of nitrogens with one attached hydrogen (secondary N) is 2. The number of nitrogens with zero attached hydrogens (tertiary/aromatic N) is 2. The Balaban J connectivity index is 1.89. The summed E-state index contributed by atoms with van der Waals surface area (Å²) in [5.41, 5.74) is 1.39. The number of aliphatic hydroxyl groups is 1.